The molecule has 0 heterocycles. The van der Waals surface area contributed by atoms with E-state index in [1.54, 1.807) is 0 Å². The van der Waals surface area contributed by atoms with Crippen molar-refractivity contribution < 1.29 is 24.2 Å². The van der Waals surface area contributed by atoms with E-state index < -0.39 is 6.10 Å². The van der Waals surface area contributed by atoms with Gasteiger partial charge < -0.3 is 14.6 Å². The fourth-order valence-electron chi connectivity index (χ4n) is 4.69. The van der Waals surface area contributed by atoms with Gasteiger partial charge in [0.15, 0.2) is 6.10 Å². The van der Waals surface area contributed by atoms with Gasteiger partial charge in [0.25, 0.3) is 0 Å². The van der Waals surface area contributed by atoms with Crippen LogP contribution in [0, 0.1) is 0 Å². The van der Waals surface area contributed by atoms with Crippen molar-refractivity contribution in [1.29, 1.82) is 0 Å². The highest BCUT2D eigenvalue weighted by molar-refractivity contribution is 5.70. The van der Waals surface area contributed by atoms with Crippen LogP contribution in [0.1, 0.15) is 155 Å². The third-order valence-electron chi connectivity index (χ3n) is 7.48. The van der Waals surface area contributed by atoms with Gasteiger partial charge in [-0.15, -0.1) is 0 Å². The van der Waals surface area contributed by atoms with Crippen molar-refractivity contribution in [1.82, 2.24) is 0 Å². The normalized spacial score (nSPS) is 13.0. The molecule has 46 heavy (non-hydrogen) atoms. The summed E-state index contributed by atoms with van der Waals surface area (Å²) < 4.78 is 10.5. The molecule has 5 heteroatoms. The van der Waals surface area contributed by atoms with Gasteiger partial charge in [-0.2, -0.15) is 0 Å². The molecule has 0 amide bonds. The van der Waals surface area contributed by atoms with Crippen LogP contribution in [0.25, 0.3) is 0 Å². The summed E-state index contributed by atoms with van der Waals surface area (Å²) in [5.41, 5.74) is 0. The Hall–Kier alpha value is -2.66. The number of carbonyl (C=O) groups excluding carboxylic acids is 2. The standard InChI is InChI=1S/C41H68O5/c1-3-5-7-9-11-13-15-17-19-20-22-24-26-28-30-32-34-36-41(44)46-39(37-42)38-45-40(43)35-33-31-29-27-25-23-21-18-16-14-12-10-8-6-4-2/h6,8,11-14,17-19,21,25,27,39,42H,3-5,7,9-10,15-16,20,22-24,26,28-38H2,1-2H3. The lowest BCUT2D eigenvalue weighted by Gasteiger charge is -2.15. The number of aliphatic hydroxyl groups excluding tert-OH is 1. The van der Waals surface area contributed by atoms with E-state index in [2.05, 4.69) is 86.8 Å². The van der Waals surface area contributed by atoms with Crippen LogP contribution in [0.5, 0.6) is 0 Å². The molecule has 0 radical (unpaired) electrons. The first-order chi connectivity index (χ1) is 22.6. The zero-order chi connectivity index (χ0) is 33.6. The SMILES string of the molecule is CCC=CCC=CCC=CCC=CCCCCC(=O)OCC(CO)OC(=O)CCCCCCCCCC=CCC=CCCCCC. The molecule has 1 atom stereocenters. The number of rotatable bonds is 32. The molecule has 0 bridgehead atoms. The van der Waals surface area contributed by atoms with Gasteiger partial charge in [-0.25, -0.2) is 0 Å². The second-order valence-corrected chi connectivity index (χ2v) is 11.9. The number of carbonyl (C=O) groups is 2. The van der Waals surface area contributed by atoms with E-state index in [1.165, 1.54) is 51.4 Å². The second-order valence-electron chi connectivity index (χ2n) is 11.9. The summed E-state index contributed by atoms with van der Waals surface area (Å²) in [5.74, 6) is -0.656. The quantitative estimate of drug-likeness (QED) is 0.0450. The van der Waals surface area contributed by atoms with E-state index in [9.17, 15) is 14.7 Å². The van der Waals surface area contributed by atoms with Crippen molar-refractivity contribution in [2.45, 2.75) is 161 Å². The number of unbranched alkanes of at least 4 members (excludes halogenated alkanes) is 12. The topological polar surface area (TPSA) is 72.8 Å². The summed E-state index contributed by atoms with van der Waals surface area (Å²) in [5, 5.41) is 9.53. The first-order valence-electron chi connectivity index (χ1n) is 18.5. The number of esters is 2. The number of hydrogen-bond donors (Lipinski definition) is 1. The monoisotopic (exact) mass is 641 g/mol. The van der Waals surface area contributed by atoms with Gasteiger partial charge in [0.1, 0.15) is 6.61 Å². The number of ether oxygens (including phenoxy) is 2. The molecule has 0 aliphatic carbocycles. The number of hydrogen-bond acceptors (Lipinski definition) is 5. The Morgan fingerprint density at radius 2 is 0.935 bits per heavy atom. The lowest BCUT2D eigenvalue weighted by molar-refractivity contribution is -0.161. The van der Waals surface area contributed by atoms with E-state index in [-0.39, 0.29) is 25.2 Å². The highest BCUT2D eigenvalue weighted by atomic mass is 16.6. The zero-order valence-corrected chi connectivity index (χ0v) is 29.6. The molecule has 0 rings (SSSR count). The van der Waals surface area contributed by atoms with Gasteiger partial charge in [0.05, 0.1) is 6.61 Å². The van der Waals surface area contributed by atoms with E-state index in [0.717, 1.165) is 77.0 Å². The fraction of sp³-hybridized carbons (Fsp3) is 0.659. The van der Waals surface area contributed by atoms with E-state index in [1.807, 2.05) is 0 Å². The molecule has 0 aliphatic rings. The Morgan fingerprint density at radius 3 is 1.46 bits per heavy atom. The summed E-state index contributed by atoms with van der Waals surface area (Å²) in [4.78, 5) is 24.2. The minimum Gasteiger partial charge on any atom is -0.462 e. The van der Waals surface area contributed by atoms with E-state index in [0.29, 0.717) is 12.8 Å². The molecule has 0 aromatic carbocycles. The van der Waals surface area contributed by atoms with E-state index >= 15 is 0 Å². The predicted molar refractivity (Wildman–Crippen MR) is 196 cm³/mol. The lowest BCUT2D eigenvalue weighted by atomic mass is 10.1. The van der Waals surface area contributed by atoms with Crippen LogP contribution in [0.3, 0.4) is 0 Å². The molecule has 0 aromatic heterocycles. The Morgan fingerprint density at radius 1 is 0.522 bits per heavy atom. The molecule has 1 N–H and O–H groups in total. The van der Waals surface area contributed by atoms with Crippen molar-refractivity contribution in [3.05, 3.63) is 72.9 Å². The number of allylic oxidation sites excluding steroid dienone is 12. The molecule has 0 saturated carbocycles. The first-order valence-corrected chi connectivity index (χ1v) is 18.5. The third kappa shape index (κ3) is 34.2. The summed E-state index contributed by atoms with van der Waals surface area (Å²) in [6.45, 7) is 3.93. The third-order valence-corrected chi connectivity index (χ3v) is 7.48. The lowest BCUT2D eigenvalue weighted by Crippen LogP contribution is -2.28. The smallest absolute Gasteiger partial charge is 0.306 e. The average Bonchev–Trinajstić information content (AvgIpc) is 3.06. The second kappa shape index (κ2) is 36.8. The molecule has 0 spiro atoms. The Balaban J connectivity index is 3.67. The van der Waals surface area contributed by atoms with Crippen molar-refractivity contribution in [2.24, 2.45) is 0 Å². The summed E-state index contributed by atoms with van der Waals surface area (Å²) in [6.07, 6.45) is 48.1. The Labute approximate surface area is 283 Å². The molecule has 262 valence electrons. The predicted octanol–water partition coefficient (Wildman–Crippen LogP) is 11.4. The fourth-order valence-corrected chi connectivity index (χ4v) is 4.69. The molecule has 0 fully saturated rings. The molecule has 1 unspecified atom stereocenters. The van der Waals surface area contributed by atoms with Crippen molar-refractivity contribution in [3.63, 3.8) is 0 Å². The maximum Gasteiger partial charge on any atom is 0.306 e. The van der Waals surface area contributed by atoms with Gasteiger partial charge >= 0.3 is 11.9 Å². The Kier molecular flexibility index (Phi) is 34.7. The molecular weight excluding hydrogens is 572 g/mol. The molecule has 0 aromatic rings. The highest BCUT2D eigenvalue weighted by Crippen LogP contribution is 2.11. The molecular formula is C41H68O5. The molecule has 0 saturated heterocycles. The maximum atomic E-state index is 12.1. The van der Waals surface area contributed by atoms with Crippen LogP contribution in [0.2, 0.25) is 0 Å². The summed E-state index contributed by atoms with van der Waals surface area (Å²) >= 11 is 0. The molecule has 0 aliphatic heterocycles. The van der Waals surface area contributed by atoms with Gasteiger partial charge in [0.2, 0.25) is 0 Å². The van der Waals surface area contributed by atoms with Crippen molar-refractivity contribution in [2.75, 3.05) is 13.2 Å². The van der Waals surface area contributed by atoms with Crippen LogP contribution in [-0.2, 0) is 19.1 Å². The molecule has 5 nitrogen and oxygen atoms in total. The van der Waals surface area contributed by atoms with Crippen LogP contribution >= 0.6 is 0 Å². The summed E-state index contributed by atoms with van der Waals surface area (Å²) in [6, 6.07) is 0. The van der Waals surface area contributed by atoms with Gasteiger partial charge in [-0.1, -0.05) is 132 Å². The Bertz CT molecular complexity index is 864. The highest BCUT2D eigenvalue weighted by Gasteiger charge is 2.16. The van der Waals surface area contributed by atoms with Gasteiger partial charge in [-0.3, -0.25) is 9.59 Å². The van der Waals surface area contributed by atoms with Crippen LogP contribution in [0.15, 0.2) is 72.9 Å². The van der Waals surface area contributed by atoms with Crippen LogP contribution < -0.4 is 0 Å². The summed E-state index contributed by atoms with van der Waals surface area (Å²) in [7, 11) is 0. The van der Waals surface area contributed by atoms with Crippen molar-refractivity contribution in [3.8, 4) is 0 Å². The first kappa shape index (κ1) is 43.3. The van der Waals surface area contributed by atoms with E-state index in [4.69, 9.17) is 9.47 Å². The average molecular weight is 641 g/mol. The van der Waals surface area contributed by atoms with Crippen LogP contribution in [-0.4, -0.2) is 36.4 Å². The van der Waals surface area contributed by atoms with Gasteiger partial charge in [0, 0.05) is 12.8 Å². The minimum atomic E-state index is -0.795. The maximum absolute atomic E-state index is 12.1. The van der Waals surface area contributed by atoms with Crippen LogP contribution in [0.4, 0.5) is 0 Å². The largest absolute Gasteiger partial charge is 0.462 e. The van der Waals surface area contributed by atoms with Gasteiger partial charge in [-0.05, 0) is 83.5 Å². The van der Waals surface area contributed by atoms with Crippen molar-refractivity contribution >= 4 is 11.9 Å². The zero-order valence-electron chi connectivity index (χ0n) is 29.6. The number of aliphatic hydroxyl groups is 1. The minimum absolute atomic E-state index is 0.0944.